The summed E-state index contributed by atoms with van der Waals surface area (Å²) in [5, 5.41) is 6.79. The van der Waals surface area contributed by atoms with Crippen LogP contribution in [-0.4, -0.2) is 36.4 Å². The molecular weight excluding hydrogens is 418 g/mol. The molecule has 2 N–H and O–H groups in total. The molecule has 7 nitrogen and oxygen atoms in total. The third kappa shape index (κ3) is 7.42. The summed E-state index contributed by atoms with van der Waals surface area (Å²) in [5.41, 5.74) is 2.81. The minimum atomic E-state index is -0.185. The van der Waals surface area contributed by atoms with Crippen LogP contribution in [0.4, 0.5) is 5.69 Å². The summed E-state index contributed by atoms with van der Waals surface area (Å²) >= 11 is 0. The molecule has 0 unspecified atom stereocenters. The molecule has 1 aromatic heterocycles. The van der Waals surface area contributed by atoms with Crippen LogP contribution in [0.15, 0.2) is 60.8 Å². The van der Waals surface area contributed by atoms with Crippen molar-refractivity contribution in [3.05, 3.63) is 71.9 Å². The number of aromatic nitrogens is 1. The van der Waals surface area contributed by atoms with Crippen LogP contribution in [0.25, 0.3) is 10.9 Å². The van der Waals surface area contributed by atoms with Gasteiger partial charge in [-0.1, -0.05) is 43.2 Å². The summed E-state index contributed by atoms with van der Waals surface area (Å²) in [4.78, 5) is 40.2. The van der Waals surface area contributed by atoms with Gasteiger partial charge in [-0.25, -0.2) is 0 Å². The lowest BCUT2D eigenvalue weighted by Crippen LogP contribution is -2.24. The minimum Gasteiger partial charge on any atom is -0.469 e. The van der Waals surface area contributed by atoms with Gasteiger partial charge in [0, 0.05) is 30.1 Å². The molecule has 0 spiro atoms. The second kappa shape index (κ2) is 12.3. The fourth-order valence-electron chi connectivity index (χ4n) is 3.51. The number of nitrogens with one attached hydrogen (secondary N) is 2. The Morgan fingerprint density at radius 2 is 1.67 bits per heavy atom. The number of ether oxygens (including phenoxy) is 1. The van der Waals surface area contributed by atoms with Crippen molar-refractivity contribution in [3.8, 4) is 0 Å². The van der Waals surface area contributed by atoms with Crippen LogP contribution in [0.5, 0.6) is 0 Å². The van der Waals surface area contributed by atoms with E-state index < -0.39 is 0 Å². The topological polar surface area (TPSA) is 97.4 Å². The van der Waals surface area contributed by atoms with Gasteiger partial charge in [0.15, 0.2) is 0 Å². The molecule has 0 aliphatic carbocycles. The van der Waals surface area contributed by atoms with E-state index in [2.05, 4.69) is 20.4 Å². The van der Waals surface area contributed by atoms with Gasteiger partial charge in [-0.3, -0.25) is 19.4 Å². The van der Waals surface area contributed by atoms with E-state index in [1.807, 2.05) is 30.3 Å². The van der Waals surface area contributed by atoms with Crippen molar-refractivity contribution >= 4 is 34.4 Å². The minimum absolute atomic E-state index is 0.137. The number of esters is 1. The molecule has 0 atom stereocenters. The molecule has 7 heteroatoms. The highest BCUT2D eigenvalue weighted by Crippen LogP contribution is 2.20. The molecule has 2 amide bonds. The number of amides is 2. The number of rotatable bonds is 11. The van der Waals surface area contributed by atoms with Crippen molar-refractivity contribution in [3.63, 3.8) is 0 Å². The molecule has 0 fully saturated rings. The zero-order valence-corrected chi connectivity index (χ0v) is 18.8. The first kappa shape index (κ1) is 23.9. The van der Waals surface area contributed by atoms with Crippen LogP contribution in [0.3, 0.4) is 0 Å². The Labute approximate surface area is 193 Å². The van der Waals surface area contributed by atoms with Crippen molar-refractivity contribution in [2.75, 3.05) is 19.0 Å². The van der Waals surface area contributed by atoms with Crippen LogP contribution in [0, 0.1) is 0 Å². The number of fused-ring (bicyclic) bond motifs is 1. The number of benzene rings is 2. The number of nitrogens with zero attached hydrogens (tertiary/aromatic N) is 1. The van der Waals surface area contributed by atoms with Crippen LogP contribution >= 0.6 is 0 Å². The Hall–Kier alpha value is -3.74. The zero-order valence-electron chi connectivity index (χ0n) is 18.8. The fraction of sp³-hybridized carbons (Fsp3) is 0.308. The highest BCUT2D eigenvalue weighted by molar-refractivity contribution is 6.01. The number of pyridine rings is 1. The smallest absolute Gasteiger partial charge is 0.305 e. The van der Waals surface area contributed by atoms with E-state index in [-0.39, 0.29) is 24.2 Å². The zero-order chi connectivity index (χ0) is 23.5. The highest BCUT2D eigenvalue weighted by atomic mass is 16.5. The number of carbonyl (C=O) groups excluding carboxylic acids is 3. The summed E-state index contributed by atoms with van der Waals surface area (Å²) < 4.78 is 4.61. The third-order valence-electron chi connectivity index (χ3n) is 5.31. The van der Waals surface area contributed by atoms with E-state index in [1.165, 1.54) is 7.11 Å². The van der Waals surface area contributed by atoms with Gasteiger partial charge in [-0.2, -0.15) is 0 Å². The molecule has 0 saturated heterocycles. The first-order valence-electron chi connectivity index (χ1n) is 11.1. The fourth-order valence-corrected chi connectivity index (χ4v) is 3.51. The quantitative estimate of drug-likeness (QED) is 0.338. The van der Waals surface area contributed by atoms with Gasteiger partial charge < -0.3 is 15.4 Å². The maximum atomic E-state index is 12.5. The van der Waals surface area contributed by atoms with Crippen LogP contribution in [0.2, 0.25) is 0 Å². The Morgan fingerprint density at radius 1 is 0.909 bits per heavy atom. The Morgan fingerprint density at radius 3 is 2.45 bits per heavy atom. The standard InChI is InChI=1S/C26H29N3O4/c1-33-24(31)11-4-2-3-5-16-28-26(32)21-14-12-19(13-15-21)18-23(30)29-22-10-6-8-20-9-7-17-27-25(20)22/h6-10,12-15,17H,2-5,11,16,18H2,1H3,(H,28,32)(H,29,30). The lowest BCUT2D eigenvalue weighted by atomic mass is 10.1. The summed E-state index contributed by atoms with van der Waals surface area (Å²) in [6.45, 7) is 0.584. The second-order valence-electron chi connectivity index (χ2n) is 7.80. The number of hydrogen-bond donors (Lipinski definition) is 2. The first-order valence-corrected chi connectivity index (χ1v) is 11.1. The number of carbonyl (C=O) groups is 3. The summed E-state index contributed by atoms with van der Waals surface area (Å²) in [5.74, 6) is -0.463. The van der Waals surface area contributed by atoms with Gasteiger partial charge in [0.05, 0.1) is 24.7 Å². The molecule has 0 aliphatic rings. The van der Waals surface area contributed by atoms with Gasteiger partial charge in [0.2, 0.25) is 5.91 Å². The normalized spacial score (nSPS) is 10.6. The molecule has 0 bridgehead atoms. The summed E-state index contributed by atoms with van der Waals surface area (Å²) in [6, 6.07) is 16.5. The van der Waals surface area contributed by atoms with Crippen molar-refractivity contribution < 1.29 is 19.1 Å². The van der Waals surface area contributed by atoms with Gasteiger partial charge in [0.1, 0.15) is 0 Å². The molecule has 0 radical (unpaired) electrons. The number of hydrogen-bond acceptors (Lipinski definition) is 5. The monoisotopic (exact) mass is 447 g/mol. The predicted molar refractivity (Wildman–Crippen MR) is 128 cm³/mol. The van der Waals surface area contributed by atoms with Gasteiger partial charge >= 0.3 is 5.97 Å². The van der Waals surface area contributed by atoms with E-state index in [4.69, 9.17) is 0 Å². The Balaban J connectivity index is 1.41. The predicted octanol–water partition coefficient (Wildman–Crippen LogP) is 4.27. The van der Waals surface area contributed by atoms with E-state index in [0.29, 0.717) is 24.2 Å². The molecular formula is C26H29N3O4. The number of methoxy groups -OCH3 is 1. The van der Waals surface area contributed by atoms with Gasteiger partial charge in [-0.05, 0) is 42.7 Å². The van der Waals surface area contributed by atoms with Crippen molar-refractivity contribution in [2.45, 2.75) is 38.5 Å². The molecule has 0 saturated carbocycles. The molecule has 0 aliphatic heterocycles. The molecule has 33 heavy (non-hydrogen) atoms. The maximum Gasteiger partial charge on any atom is 0.305 e. The van der Waals surface area contributed by atoms with E-state index in [0.717, 1.165) is 42.1 Å². The van der Waals surface area contributed by atoms with Gasteiger partial charge in [0.25, 0.3) is 5.91 Å². The third-order valence-corrected chi connectivity index (χ3v) is 5.31. The molecule has 3 aromatic rings. The van der Waals surface area contributed by atoms with Crippen molar-refractivity contribution in [1.82, 2.24) is 10.3 Å². The summed E-state index contributed by atoms with van der Waals surface area (Å²) in [6.07, 6.45) is 5.87. The second-order valence-corrected chi connectivity index (χ2v) is 7.80. The van der Waals surface area contributed by atoms with E-state index in [9.17, 15) is 14.4 Å². The molecule has 3 rings (SSSR count). The lowest BCUT2D eigenvalue weighted by molar-refractivity contribution is -0.140. The number of anilines is 1. The largest absolute Gasteiger partial charge is 0.469 e. The van der Waals surface area contributed by atoms with Crippen LogP contribution in [-0.2, 0) is 20.7 Å². The summed E-state index contributed by atoms with van der Waals surface area (Å²) in [7, 11) is 1.39. The maximum absolute atomic E-state index is 12.5. The van der Waals surface area contributed by atoms with Gasteiger partial charge in [-0.15, -0.1) is 0 Å². The first-order chi connectivity index (χ1) is 16.1. The van der Waals surface area contributed by atoms with Crippen LogP contribution in [0.1, 0.15) is 48.0 Å². The molecule has 2 aromatic carbocycles. The SMILES string of the molecule is COC(=O)CCCCCCNC(=O)c1ccc(CC(=O)Nc2cccc3cccnc23)cc1. The number of unbranched alkanes of at least 4 members (excludes halogenated alkanes) is 3. The van der Waals surface area contributed by atoms with E-state index in [1.54, 1.807) is 30.5 Å². The van der Waals surface area contributed by atoms with Crippen molar-refractivity contribution in [2.24, 2.45) is 0 Å². The van der Waals surface area contributed by atoms with Crippen LogP contribution < -0.4 is 10.6 Å². The average Bonchev–Trinajstić information content (AvgIpc) is 2.83. The lowest BCUT2D eigenvalue weighted by Gasteiger charge is -2.09. The average molecular weight is 448 g/mol. The Kier molecular flexibility index (Phi) is 8.94. The molecule has 1 heterocycles. The van der Waals surface area contributed by atoms with Crippen molar-refractivity contribution in [1.29, 1.82) is 0 Å². The highest BCUT2D eigenvalue weighted by Gasteiger charge is 2.09. The molecule has 172 valence electrons. The van der Waals surface area contributed by atoms with E-state index >= 15 is 0 Å². The Bertz CT molecular complexity index is 1090. The number of para-hydroxylation sites is 1.